The number of amides is 1. The second-order valence-corrected chi connectivity index (χ2v) is 10.0. The Kier molecular flexibility index (Phi) is 6.94. The summed E-state index contributed by atoms with van der Waals surface area (Å²) in [6.45, 7) is 10.4. The number of nitrogens with one attached hydrogen (secondary N) is 1. The SMILES string of the molecule is CC1CN(S(=O)(=O)N2CCN(CC(=O)Nc3cc(C(C)C)no3)CC2)CC(C)O1. The van der Waals surface area contributed by atoms with Gasteiger partial charge in [0.05, 0.1) is 24.4 Å². The smallest absolute Gasteiger partial charge is 0.282 e. The number of morpholine rings is 1. The summed E-state index contributed by atoms with van der Waals surface area (Å²) in [6, 6.07) is 1.72. The molecule has 164 valence electrons. The molecule has 0 aliphatic carbocycles. The third-order valence-electron chi connectivity index (χ3n) is 5.12. The Bertz CT molecular complexity index is 793. The Morgan fingerprint density at radius 3 is 2.34 bits per heavy atom. The molecule has 11 heteroatoms. The molecule has 1 aromatic heterocycles. The lowest BCUT2D eigenvalue weighted by atomic mass is 10.1. The molecule has 0 aromatic carbocycles. The third-order valence-corrected chi connectivity index (χ3v) is 7.09. The van der Waals surface area contributed by atoms with E-state index in [2.05, 4.69) is 10.5 Å². The van der Waals surface area contributed by atoms with E-state index in [1.54, 1.807) is 6.07 Å². The second-order valence-electron chi connectivity index (χ2n) is 8.08. The predicted octanol–water partition coefficient (Wildman–Crippen LogP) is 0.708. The lowest BCUT2D eigenvalue weighted by molar-refractivity contribution is -0.117. The Morgan fingerprint density at radius 1 is 1.17 bits per heavy atom. The summed E-state index contributed by atoms with van der Waals surface area (Å²) in [4.78, 5) is 14.2. The van der Waals surface area contributed by atoms with E-state index in [0.717, 1.165) is 5.69 Å². The number of aromatic nitrogens is 1. The Balaban J connectivity index is 1.48. The van der Waals surface area contributed by atoms with Crippen LogP contribution < -0.4 is 5.32 Å². The maximum Gasteiger partial charge on any atom is 0.282 e. The lowest BCUT2D eigenvalue weighted by Gasteiger charge is -2.40. The van der Waals surface area contributed by atoms with E-state index in [9.17, 15) is 13.2 Å². The minimum Gasteiger partial charge on any atom is -0.373 e. The first-order chi connectivity index (χ1) is 13.6. The molecule has 1 amide bonds. The van der Waals surface area contributed by atoms with Gasteiger partial charge in [-0.3, -0.25) is 15.0 Å². The highest BCUT2D eigenvalue weighted by Crippen LogP contribution is 2.19. The van der Waals surface area contributed by atoms with E-state index in [1.807, 2.05) is 32.6 Å². The molecule has 0 spiro atoms. The molecule has 0 bridgehead atoms. The van der Waals surface area contributed by atoms with Crippen LogP contribution in [0.3, 0.4) is 0 Å². The average Bonchev–Trinajstić information content (AvgIpc) is 3.10. The predicted molar refractivity (Wildman–Crippen MR) is 108 cm³/mol. The van der Waals surface area contributed by atoms with Crippen molar-refractivity contribution in [1.29, 1.82) is 0 Å². The molecule has 2 atom stereocenters. The van der Waals surface area contributed by atoms with Gasteiger partial charge in [-0.2, -0.15) is 17.0 Å². The molecular weight excluding hydrogens is 398 g/mol. The minimum atomic E-state index is -3.52. The van der Waals surface area contributed by atoms with Gasteiger partial charge in [0, 0.05) is 45.3 Å². The molecule has 10 nitrogen and oxygen atoms in total. The molecule has 2 saturated heterocycles. The molecule has 2 aliphatic heterocycles. The van der Waals surface area contributed by atoms with Crippen LogP contribution in [0.25, 0.3) is 0 Å². The fourth-order valence-electron chi connectivity index (χ4n) is 3.60. The van der Waals surface area contributed by atoms with E-state index in [4.69, 9.17) is 9.26 Å². The summed E-state index contributed by atoms with van der Waals surface area (Å²) >= 11 is 0. The zero-order valence-corrected chi connectivity index (χ0v) is 18.3. The number of carbonyl (C=O) groups excluding carboxylic acids is 1. The first kappa shape index (κ1) is 22.2. The van der Waals surface area contributed by atoms with Gasteiger partial charge >= 0.3 is 0 Å². The topological polar surface area (TPSA) is 108 Å². The van der Waals surface area contributed by atoms with Gasteiger partial charge in [0.15, 0.2) is 0 Å². The van der Waals surface area contributed by atoms with Crippen molar-refractivity contribution >= 4 is 22.0 Å². The fraction of sp³-hybridized carbons (Fsp3) is 0.778. The molecule has 0 saturated carbocycles. The van der Waals surface area contributed by atoms with Gasteiger partial charge in [-0.25, -0.2) is 0 Å². The first-order valence-electron chi connectivity index (χ1n) is 10.0. The second kappa shape index (κ2) is 9.09. The van der Waals surface area contributed by atoms with Crippen molar-refractivity contribution in [3.05, 3.63) is 11.8 Å². The van der Waals surface area contributed by atoms with E-state index in [1.165, 1.54) is 8.61 Å². The summed E-state index contributed by atoms with van der Waals surface area (Å²) in [5.41, 5.74) is 0.783. The number of piperazine rings is 1. The van der Waals surface area contributed by atoms with Crippen LogP contribution in [0.2, 0.25) is 0 Å². The number of rotatable bonds is 6. The fourth-order valence-corrected chi connectivity index (χ4v) is 5.35. The highest BCUT2D eigenvalue weighted by Gasteiger charge is 2.36. The number of ether oxygens (including phenoxy) is 1. The van der Waals surface area contributed by atoms with Crippen molar-refractivity contribution < 1.29 is 22.5 Å². The van der Waals surface area contributed by atoms with Crippen molar-refractivity contribution in [3.8, 4) is 0 Å². The van der Waals surface area contributed by atoms with Gasteiger partial charge in [-0.05, 0) is 19.8 Å². The summed E-state index contributed by atoms with van der Waals surface area (Å²) in [7, 11) is -3.52. The van der Waals surface area contributed by atoms with Gasteiger partial charge in [0.1, 0.15) is 0 Å². The number of nitrogens with zero attached hydrogens (tertiary/aromatic N) is 4. The summed E-state index contributed by atoms with van der Waals surface area (Å²) in [5, 5.41) is 6.62. The molecule has 0 radical (unpaired) electrons. The molecule has 1 aromatic rings. The number of hydrogen-bond donors (Lipinski definition) is 1. The molecule has 3 heterocycles. The largest absolute Gasteiger partial charge is 0.373 e. The van der Waals surface area contributed by atoms with E-state index in [-0.39, 0.29) is 30.6 Å². The molecule has 1 N–H and O–H groups in total. The Labute approximate surface area is 172 Å². The van der Waals surface area contributed by atoms with Gasteiger partial charge < -0.3 is 9.26 Å². The van der Waals surface area contributed by atoms with Crippen LogP contribution in [0.5, 0.6) is 0 Å². The lowest BCUT2D eigenvalue weighted by Crippen LogP contribution is -2.57. The number of hydrogen-bond acceptors (Lipinski definition) is 7. The van der Waals surface area contributed by atoms with Gasteiger partial charge in [-0.15, -0.1) is 0 Å². The maximum absolute atomic E-state index is 12.9. The Morgan fingerprint density at radius 2 is 1.79 bits per heavy atom. The zero-order chi connectivity index (χ0) is 21.2. The highest BCUT2D eigenvalue weighted by molar-refractivity contribution is 7.86. The van der Waals surface area contributed by atoms with E-state index < -0.39 is 10.2 Å². The van der Waals surface area contributed by atoms with Crippen molar-refractivity contribution in [2.75, 3.05) is 51.1 Å². The Hall–Kier alpha value is -1.53. The van der Waals surface area contributed by atoms with Crippen LogP contribution >= 0.6 is 0 Å². The molecule has 29 heavy (non-hydrogen) atoms. The minimum absolute atomic E-state index is 0.120. The molecule has 3 rings (SSSR count). The zero-order valence-electron chi connectivity index (χ0n) is 17.5. The van der Waals surface area contributed by atoms with Crippen LogP contribution in [0.15, 0.2) is 10.6 Å². The molecule has 2 aliphatic rings. The maximum atomic E-state index is 12.9. The van der Waals surface area contributed by atoms with Gasteiger partial charge in [0.25, 0.3) is 10.2 Å². The number of carbonyl (C=O) groups is 1. The highest BCUT2D eigenvalue weighted by atomic mass is 32.2. The van der Waals surface area contributed by atoms with Crippen molar-refractivity contribution in [1.82, 2.24) is 18.7 Å². The normalized spacial score (nSPS) is 25.4. The molecule has 2 unspecified atom stereocenters. The standard InChI is InChI=1S/C18H31N5O5S/c1-13(2)16-9-18(28-20-16)19-17(24)12-21-5-7-22(8-6-21)29(25,26)23-10-14(3)27-15(4)11-23/h9,13-15H,5-8,10-12H2,1-4H3,(H,19,24). The van der Waals surface area contributed by atoms with Crippen LogP contribution in [0.4, 0.5) is 5.88 Å². The summed E-state index contributed by atoms with van der Waals surface area (Å²) in [5.74, 6) is 0.343. The van der Waals surface area contributed by atoms with Gasteiger partial charge in [0.2, 0.25) is 11.8 Å². The van der Waals surface area contributed by atoms with E-state index >= 15 is 0 Å². The van der Waals surface area contributed by atoms with Crippen LogP contribution in [-0.4, -0.2) is 91.0 Å². The van der Waals surface area contributed by atoms with E-state index in [0.29, 0.717) is 45.2 Å². The third kappa shape index (κ3) is 5.54. The van der Waals surface area contributed by atoms with Crippen molar-refractivity contribution in [2.24, 2.45) is 0 Å². The monoisotopic (exact) mass is 429 g/mol. The molecular formula is C18H31N5O5S. The quantitative estimate of drug-likeness (QED) is 0.709. The van der Waals surface area contributed by atoms with Crippen LogP contribution in [0.1, 0.15) is 39.3 Å². The number of anilines is 1. The summed E-state index contributed by atoms with van der Waals surface area (Å²) < 4.78 is 39.6. The molecule has 2 fully saturated rings. The average molecular weight is 430 g/mol. The van der Waals surface area contributed by atoms with Crippen LogP contribution in [-0.2, 0) is 19.7 Å². The van der Waals surface area contributed by atoms with Crippen molar-refractivity contribution in [3.63, 3.8) is 0 Å². The summed E-state index contributed by atoms with van der Waals surface area (Å²) in [6.07, 6.45) is -0.239. The first-order valence-corrected chi connectivity index (χ1v) is 11.4. The van der Waals surface area contributed by atoms with Crippen molar-refractivity contribution in [2.45, 2.75) is 45.8 Å². The van der Waals surface area contributed by atoms with Crippen LogP contribution in [0, 0.1) is 0 Å². The van der Waals surface area contributed by atoms with Gasteiger partial charge in [-0.1, -0.05) is 19.0 Å².